The molecule has 80 valence electrons. The van der Waals surface area contributed by atoms with E-state index >= 15 is 0 Å². The fraction of sp³-hybridized carbons (Fsp3) is 0.417. The molecule has 1 heterocycles. The summed E-state index contributed by atoms with van der Waals surface area (Å²) in [5.74, 6) is 0.154. The number of anilines is 1. The minimum Gasteiger partial charge on any atom is -0.396 e. The summed E-state index contributed by atoms with van der Waals surface area (Å²) < 4.78 is 0. The number of hydrogen-bond acceptors (Lipinski definition) is 2. The van der Waals surface area contributed by atoms with Gasteiger partial charge in [0.15, 0.2) is 0 Å². The van der Waals surface area contributed by atoms with Gasteiger partial charge < -0.3 is 10.0 Å². The van der Waals surface area contributed by atoms with Crippen LogP contribution in [-0.2, 0) is 17.6 Å². The lowest BCUT2D eigenvalue weighted by Gasteiger charge is -2.14. The highest BCUT2D eigenvalue weighted by atomic mass is 16.2. The molecule has 3 heteroatoms. The van der Waals surface area contributed by atoms with Crippen molar-refractivity contribution in [2.45, 2.75) is 19.3 Å². The summed E-state index contributed by atoms with van der Waals surface area (Å²) in [7, 11) is 1.82. The molecule has 0 atom stereocenters. The average Bonchev–Trinajstić information content (AvgIpc) is 2.53. The molecular weight excluding hydrogens is 190 g/mol. The van der Waals surface area contributed by atoms with Crippen LogP contribution in [0.5, 0.6) is 0 Å². The van der Waals surface area contributed by atoms with Gasteiger partial charge >= 0.3 is 0 Å². The number of rotatable bonds is 3. The number of para-hydroxylation sites is 1. The van der Waals surface area contributed by atoms with Gasteiger partial charge in [-0.25, -0.2) is 0 Å². The van der Waals surface area contributed by atoms with Crippen molar-refractivity contribution in [3.05, 3.63) is 29.3 Å². The molecule has 15 heavy (non-hydrogen) atoms. The number of amides is 1. The summed E-state index contributed by atoms with van der Waals surface area (Å²) in [5.41, 5.74) is 3.32. The van der Waals surface area contributed by atoms with Crippen LogP contribution in [0.15, 0.2) is 18.2 Å². The zero-order chi connectivity index (χ0) is 10.8. The van der Waals surface area contributed by atoms with Gasteiger partial charge in [-0.1, -0.05) is 18.2 Å². The van der Waals surface area contributed by atoms with E-state index in [-0.39, 0.29) is 12.5 Å². The van der Waals surface area contributed by atoms with E-state index in [1.54, 1.807) is 4.90 Å². The first-order valence-electron chi connectivity index (χ1n) is 5.22. The van der Waals surface area contributed by atoms with Crippen LogP contribution in [0, 0.1) is 0 Å². The van der Waals surface area contributed by atoms with E-state index in [4.69, 9.17) is 5.11 Å². The maximum Gasteiger partial charge on any atom is 0.231 e. The van der Waals surface area contributed by atoms with Gasteiger partial charge in [-0.15, -0.1) is 0 Å². The number of fused-ring (bicyclic) bond motifs is 1. The Morgan fingerprint density at radius 2 is 2.27 bits per heavy atom. The molecule has 2 rings (SSSR count). The highest BCUT2D eigenvalue weighted by Gasteiger charge is 2.25. The second-order valence-corrected chi connectivity index (χ2v) is 3.88. The van der Waals surface area contributed by atoms with Crippen LogP contribution in [0.3, 0.4) is 0 Å². The van der Waals surface area contributed by atoms with Crippen LogP contribution in [0.2, 0.25) is 0 Å². The van der Waals surface area contributed by atoms with Crippen molar-refractivity contribution in [1.29, 1.82) is 0 Å². The average molecular weight is 205 g/mol. The van der Waals surface area contributed by atoms with Crippen molar-refractivity contribution in [1.82, 2.24) is 0 Å². The molecule has 1 amide bonds. The second kappa shape index (κ2) is 4.03. The van der Waals surface area contributed by atoms with Crippen molar-refractivity contribution in [2.24, 2.45) is 0 Å². The first-order chi connectivity index (χ1) is 7.24. The number of aliphatic hydroxyl groups is 1. The number of hydrogen-bond donors (Lipinski definition) is 1. The largest absolute Gasteiger partial charge is 0.396 e. The number of aryl methyl sites for hydroxylation is 1. The molecule has 0 radical (unpaired) electrons. The van der Waals surface area contributed by atoms with E-state index in [9.17, 15) is 4.79 Å². The third kappa shape index (κ3) is 1.75. The van der Waals surface area contributed by atoms with E-state index in [1.165, 1.54) is 0 Å². The molecule has 0 saturated heterocycles. The molecule has 0 fully saturated rings. The minimum absolute atomic E-state index is 0.154. The Kier molecular flexibility index (Phi) is 2.73. The molecular formula is C12H15NO2. The van der Waals surface area contributed by atoms with Gasteiger partial charge in [0.05, 0.1) is 12.1 Å². The van der Waals surface area contributed by atoms with Crippen molar-refractivity contribution in [3.8, 4) is 0 Å². The summed E-state index contributed by atoms with van der Waals surface area (Å²) in [5, 5.41) is 8.81. The molecule has 0 saturated carbocycles. The molecule has 0 bridgehead atoms. The van der Waals surface area contributed by atoms with Crippen LogP contribution >= 0.6 is 0 Å². The SMILES string of the molecule is CN1C(=O)Cc2cccc(CCCO)c21. The first kappa shape index (κ1) is 10.2. The Morgan fingerprint density at radius 1 is 1.47 bits per heavy atom. The number of likely N-dealkylation sites (N-methyl/N-ethyl adjacent to an activating group) is 1. The maximum absolute atomic E-state index is 11.5. The van der Waals surface area contributed by atoms with Gasteiger partial charge in [0, 0.05) is 13.7 Å². The molecule has 0 unspecified atom stereocenters. The van der Waals surface area contributed by atoms with Gasteiger partial charge in [0.2, 0.25) is 5.91 Å². The zero-order valence-electron chi connectivity index (χ0n) is 8.86. The normalized spacial score (nSPS) is 14.5. The molecule has 1 aliphatic heterocycles. The monoisotopic (exact) mass is 205 g/mol. The van der Waals surface area contributed by atoms with Gasteiger partial charge in [-0.2, -0.15) is 0 Å². The molecule has 0 spiro atoms. The van der Waals surface area contributed by atoms with E-state index < -0.39 is 0 Å². The van der Waals surface area contributed by atoms with Crippen molar-refractivity contribution in [2.75, 3.05) is 18.6 Å². The number of benzene rings is 1. The lowest BCUT2D eigenvalue weighted by atomic mass is 10.0. The summed E-state index contributed by atoms with van der Waals surface area (Å²) in [4.78, 5) is 13.3. The third-order valence-corrected chi connectivity index (χ3v) is 2.86. The number of carbonyl (C=O) groups excluding carboxylic acids is 1. The van der Waals surface area contributed by atoms with Crippen molar-refractivity contribution >= 4 is 11.6 Å². The number of nitrogens with zero attached hydrogens (tertiary/aromatic N) is 1. The lowest BCUT2D eigenvalue weighted by molar-refractivity contribution is -0.117. The first-order valence-corrected chi connectivity index (χ1v) is 5.22. The number of aliphatic hydroxyl groups excluding tert-OH is 1. The van der Waals surface area contributed by atoms with Crippen molar-refractivity contribution < 1.29 is 9.90 Å². The van der Waals surface area contributed by atoms with E-state index in [1.807, 2.05) is 25.2 Å². The molecule has 1 aromatic carbocycles. The second-order valence-electron chi connectivity index (χ2n) is 3.88. The quantitative estimate of drug-likeness (QED) is 0.803. The van der Waals surface area contributed by atoms with Crippen LogP contribution in [0.25, 0.3) is 0 Å². The van der Waals surface area contributed by atoms with Crippen LogP contribution in [0.1, 0.15) is 17.5 Å². The predicted octanol–water partition coefficient (Wildman–Crippen LogP) is 1.13. The molecule has 0 aromatic heterocycles. The molecule has 0 aliphatic carbocycles. The highest BCUT2D eigenvalue weighted by Crippen LogP contribution is 2.31. The van der Waals surface area contributed by atoms with Crippen molar-refractivity contribution in [3.63, 3.8) is 0 Å². The highest BCUT2D eigenvalue weighted by molar-refractivity contribution is 6.01. The van der Waals surface area contributed by atoms with E-state index in [2.05, 4.69) is 0 Å². The smallest absolute Gasteiger partial charge is 0.231 e. The Hall–Kier alpha value is -1.35. The summed E-state index contributed by atoms with van der Waals surface area (Å²) >= 11 is 0. The predicted molar refractivity (Wildman–Crippen MR) is 59.0 cm³/mol. The van der Waals surface area contributed by atoms with Gasteiger partial charge in [-0.3, -0.25) is 4.79 Å². The van der Waals surface area contributed by atoms with E-state index in [0.29, 0.717) is 6.42 Å². The molecule has 1 aromatic rings. The maximum atomic E-state index is 11.5. The summed E-state index contributed by atoms with van der Waals surface area (Å²) in [6.45, 7) is 0.196. The summed E-state index contributed by atoms with van der Waals surface area (Å²) in [6.07, 6.45) is 2.09. The van der Waals surface area contributed by atoms with Crippen LogP contribution in [0.4, 0.5) is 5.69 Å². The molecule has 1 aliphatic rings. The summed E-state index contributed by atoms with van der Waals surface area (Å²) in [6, 6.07) is 6.01. The zero-order valence-corrected chi connectivity index (χ0v) is 8.86. The van der Waals surface area contributed by atoms with Crippen LogP contribution < -0.4 is 4.90 Å². The van der Waals surface area contributed by atoms with Gasteiger partial charge in [0.1, 0.15) is 0 Å². The fourth-order valence-corrected chi connectivity index (χ4v) is 2.10. The number of carbonyl (C=O) groups is 1. The topological polar surface area (TPSA) is 40.5 Å². The fourth-order valence-electron chi connectivity index (χ4n) is 2.10. The van der Waals surface area contributed by atoms with Gasteiger partial charge in [-0.05, 0) is 24.0 Å². The third-order valence-electron chi connectivity index (χ3n) is 2.86. The van der Waals surface area contributed by atoms with Gasteiger partial charge in [0.25, 0.3) is 0 Å². The Balaban J connectivity index is 2.34. The lowest BCUT2D eigenvalue weighted by Crippen LogP contribution is -2.21. The molecule has 3 nitrogen and oxygen atoms in total. The standard InChI is InChI=1S/C12H15NO2/c1-13-11(15)8-10-5-2-4-9(12(10)13)6-3-7-14/h2,4-5,14H,3,6-8H2,1H3. The Morgan fingerprint density at radius 3 is 3.00 bits per heavy atom. The minimum atomic E-state index is 0.154. The Labute approximate surface area is 89.3 Å². The van der Waals surface area contributed by atoms with E-state index in [0.717, 1.165) is 29.7 Å². The van der Waals surface area contributed by atoms with Crippen LogP contribution in [-0.4, -0.2) is 24.7 Å². The molecule has 1 N–H and O–H groups in total. The Bertz CT molecular complexity index is 387.